The largest absolute Gasteiger partial charge is 0.420 e. The fourth-order valence-corrected chi connectivity index (χ4v) is 2.12. The van der Waals surface area contributed by atoms with Crippen molar-refractivity contribution in [1.29, 1.82) is 0 Å². The third-order valence-corrected chi connectivity index (χ3v) is 3.00. The predicted molar refractivity (Wildman–Crippen MR) is 53.4 cm³/mol. The standard InChI is InChI=1S/C8H13BrO7/c1-3(11)15-8(9)7(14)6(13)5(12)4(2-10)16-8/h4-7,10,12-14H,2H2,1H3/t4-,5+,6+,7-,8+/m1/s1. The molecule has 1 rings (SSSR count). The topological polar surface area (TPSA) is 116 Å². The molecule has 0 amide bonds. The second kappa shape index (κ2) is 4.94. The highest BCUT2D eigenvalue weighted by molar-refractivity contribution is 9.10. The molecule has 0 aromatic carbocycles. The number of aliphatic hydroxyl groups is 4. The average Bonchev–Trinajstić information content (AvgIpc) is 2.20. The minimum atomic E-state index is -1.97. The number of carbonyl (C=O) groups is 1. The molecular weight excluding hydrogens is 288 g/mol. The molecule has 0 spiro atoms. The van der Waals surface area contributed by atoms with Crippen molar-refractivity contribution in [2.45, 2.75) is 36.0 Å². The average molecular weight is 301 g/mol. The molecule has 7 nitrogen and oxygen atoms in total. The van der Waals surface area contributed by atoms with Crippen molar-refractivity contribution < 1.29 is 34.7 Å². The smallest absolute Gasteiger partial charge is 0.305 e. The summed E-state index contributed by atoms with van der Waals surface area (Å²) in [6.07, 6.45) is -5.92. The van der Waals surface area contributed by atoms with Gasteiger partial charge in [0, 0.05) is 6.92 Å². The van der Waals surface area contributed by atoms with Crippen LogP contribution in [0.25, 0.3) is 0 Å². The van der Waals surface area contributed by atoms with Crippen LogP contribution in [0, 0.1) is 0 Å². The second-order valence-electron chi connectivity index (χ2n) is 3.44. The van der Waals surface area contributed by atoms with Gasteiger partial charge in [-0.2, -0.15) is 0 Å². The molecule has 1 aliphatic heterocycles. The maximum Gasteiger partial charge on any atom is 0.305 e. The van der Waals surface area contributed by atoms with Gasteiger partial charge < -0.3 is 29.9 Å². The van der Waals surface area contributed by atoms with Crippen LogP contribution in [-0.4, -0.2) is 62.1 Å². The van der Waals surface area contributed by atoms with E-state index in [0.29, 0.717) is 0 Å². The van der Waals surface area contributed by atoms with E-state index >= 15 is 0 Å². The molecule has 5 atom stereocenters. The van der Waals surface area contributed by atoms with Gasteiger partial charge in [0.15, 0.2) is 6.10 Å². The second-order valence-corrected chi connectivity index (χ2v) is 4.55. The number of carbonyl (C=O) groups excluding carboxylic acids is 1. The molecule has 4 N–H and O–H groups in total. The van der Waals surface area contributed by atoms with Gasteiger partial charge in [-0.1, -0.05) is 0 Å². The minimum absolute atomic E-state index is 0.598. The molecular formula is C8H13BrO7. The van der Waals surface area contributed by atoms with Crippen LogP contribution < -0.4 is 0 Å². The first-order chi connectivity index (χ1) is 7.31. The number of alkyl halides is 1. The first kappa shape index (κ1) is 13.8. The summed E-state index contributed by atoms with van der Waals surface area (Å²) in [6.45, 7) is 0.490. The summed E-state index contributed by atoms with van der Waals surface area (Å²) in [6, 6.07) is 0. The molecule has 1 heterocycles. The van der Waals surface area contributed by atoms with Crippen molar-refractivity contribution in [3.63, 3.8) is 0 Å². The van der Waals surface area contributed by atoms with E-state index in [4.69, 9.17) is 9.84 Å². The van der Waals surface area contributed by atoms with Crippen molar-refractivity contribution in [2.24, 2.45) is 0 Å². The summed E-state index contributed by atoms with van der Waals surface area (Å²) in [4.78, 5) is 10.8. The summed E-state index contributed by atoms with van der Waals surface area (Å²) in [5.74, 6) is -0.754. The summed E-state index contributed by atoms with van der Waals surface area (Å²) >= 11 is 2.81. The Kier molecular flexibility index (Phi) is 4.27. The number of rotatable bonds is 2. The monoisotopic (exact) mass is 300 g/mol. The zero-order valence-electron chi connectivity index (χ0n) is 8.41. The van der Waals surface area contributed by atoms with Gasteiger partial charge in [0.1, 0.15) is 18.3 Å². The normalized spacial score (nSPS) is 44.1. The van der Waals surface area contributed by atoms with Crippen LogP contribution >= 0.6 is 15.9 Å². The third kappa shape index (κ3) is 2.53. The molecule has 0 radical (unpaired) electrons. The van der Waals surface area contributed by atoms with E-state index in [1.807, 2.05) is 0 Å². The first-order valence-corrected chi connectivity index (χ1v) is 5.32. The molecule has 0 aliphatic carbocycles. The summed E-state index contributed by atoms with van der Waals surface area (Å²) in [5, 5.41) is 37.4. The Morgan fingerprint density at radius 2 is 2.00 bits per heavy atom. The number of aliphatic hydroxyl groups excluding tert-OH is 4. The minimum Gasteiger partial charge on any atom is -0.420 e. The van der Waals surface area contributed by atoms with Gasteiger partial charge >= 0.3 is 5.97 Å². The Balaban J connectivity index is 2.89. The summed E-state index contributed by atoms with van der Waals surface area (Å²) < 4.78 is 7.69. The molecule has 1 aliphatic rings. The number of hydrogen-bond donors (Lipinski definition) is 4. The van der Waals surface area contributed by atoms with Gasteiger partial charge in [0.2, 0.25) is 0 Å². The van der Waals surface area contributed by atoms with Crippen LogP contribution in [0.3, 0.4) is 0 Å². The molecule has 0 saturated carbocycles. The number of esters is 1. The van der Waals surface area contributed by atoms with Crippen LogP contribution in [0.15, 0.2) is 0 Å². The molecule has 0 aromatic heterocycles. The zero-order chi connectivity index (χ0) is 12.5. The van der Waals surface area contributed by atoms with Crippen molar-refractivity contribution in [3.8, 4) is 0 Å². The van der Waals surface area contributed by atoms with Crippen molar-refractivity contribution in [2.75, 3.05) is 6.61 Å². The highest BCUT2D eigenvalue weighted by atomic mass is 79.9. The quantitative estimate of drug-likeness (QED) is 0.347. The lowest BCUT2D eigenvalue weighted by atomic mass is 9.99. The van der Waals surface area contributed by atoms with E-state index in [1.54, 1.807) is 0 Å². The highest BCUT2D eigenvalue weighted by Crippen LogP contribution is 2.36. The van der Waals surface area contributed by atoms with E-state index in [9.17, 15) is 20.1 Å². The Labute approximate surface area is 99.7 Å². The van der Waals surface area contributed by atoms with Crippen LogP contribution in [0.2, 0.25) is 0 Å². The third-order valence-electron chi connectivity index (χ3n) is 2.18. The van der Waals surface area contributed by atoms with Crippen LogP contribution in [0.1, 0.15) is 6.92 Å². The van der Waals surface area contributed by atoms with Gasteiger partial charge in [0.05, 0.1) is 6.61 Å². The van der Waals surface area contributed by atoms with Gasteiger partial charge in [-0.05, 0) is 15.9 Å². The summed E-state index contributed by atoms with van der Waals surface area (Å²) in [7, 11) is 0. The van der Waals surface area contributed by atoms with Gasteiger partial charge in [-0.3, -0.25) is 4.79 Å². The highest BCUT2D eigenvalue weighted by Gasteiger charge is 2.54. The van der Waals surface area contributed by atoms with Crippen LogP contribution in [0.5, 0.6) is 0 Å². The molecule has 1 saturated heterocycles. The van der Waals surface area contributed by atoms with Crippen molar-refractivity contribution >= 4 is 21.9 Å². The van der Waals surface area contributed by atoms with E-state index in [1.165, 1.54) is 0 Å². The number of ether oxygens (including phenoxy) is 2. The molecule has 1 fully saturated rings. The Morgan fingerprint density at radius 3 is 2.44 bits per heavy atom. The van der Waals surface area contributed by atoms with E-state index in [2.05, 4.69) is 20.7 Å². The lowest BCUT2D eigenvalue weighted by Crippen LogP contribution is -2.63. The lowest BCUT2D eigenvalue weighted by molar-refractivity contribution is -0.306. The predicted octanol–water partition coefficient (Wildman–Crippen LogP) is -1.93. The lowest BCUT2D eigenvalue weighted by Gasteiger charge is -2.43. The Hall–Kier alpha value is -0.250. The summed E-state index contributed by atoms with van der Waals surface area (Å²) in [5.41, 5.74) is 0. The molecule has 0 aromatic rings. The zero-order valence-corrected chi connectivity index (χ0v) is 9.99. The van der Waals surface area contributed by atoms with Crippen molar-refractivity contribution in [1.82, 2.24) is 0 Å². The molecule has 0 bridgehead atoms. The number of hydrogen-bond acceptors (Lipinski definition) is 7. The molecule has 94 valence electrons. The van der Waals surface area contributed by atoms with Crippen molar-refractivity contribution in [3.05, 3.63) is 0 Å². The fourth-order valence-electron chi connectivity index (χ4n) is 1.38. The first-order valence-electron chi connectivity index (χ1n) is 4.53. The maximum absolute atomic E-state index is 10.8. The SMILES string of the molecule is CC(=O)O[C@]1(Br)O[C@H](CO)[C@H](O)[C@H](O)[C@H]1O. The van der Waals surface area contributed by atoms with Crippen LogP contribution in [-0.2, 0) is 14.3 Å². The van der Waals surface area contributed by atoms with Gasteiger partial charge in [-0.25, -0.2) is 0 Å². The Bertz CT molecular complexity index is 271. The molecule has 16 heavy (non-hydrogen) atoms. The number of halogens is 1. The van der Waals surface area contributed by atoms with Gasteiger partial charge in [0.25, 0.3) is 4.70 Å². The molecule has 8 heteroatoms. The van der Waals surface area contributed by atoms with E-state index in [-0.39, 0.29) is 0 Å². The fraction of sp³-hybridized carbons (Fsp3) is 0.875. The Morgan fingerprint density at radius 1 is 1.44 bits per heavy atom. The molecule has 0 unspecified atom stereocenters. The van der Waals surface area contributed by atoms with Gasteiger partial charge in [-0.15, -0.1) is 0 Å². The maximum atomic E-state index is 10.8. The van der Waals surface area contributed by atoms with E-state index in [0.717, 1.165) is 6.92 Å². The van der Waals surface area contributed by atoms with E-state index < -0.39 is 41.7 Å². The van der Waals surface area contributed by atoms with Crippen LogP contribution in [0.4, 0.5) is 0 Å².